The Labute approximate surface area is 81.6 Å². The molecule has 0 bridgehead atoms. The molecule has 0 spiro atoms. The molecule has 13 heavy (non-hydrogen) atoms. The van der Waals surface area contributed by atoms with Gasteiger partial charge < -0.3 is 5.11 Å². The molecule has 2 atom stereocenters. The fourth-order valence-corrected chi connectivity index (χ4v) is 1.43. The summed E-state index contributed by atoms with van der Waals surface area (Å²) in [6, 6.07) is 2.14. The summed E-state index contributed by atoms with van der Waals surface area (Å²) in [5.41, 5.74) is 0. The van der Waals surface area contributed by atoms with E-state index in [4.69, 9.17) is 5.26 Å². The number of hydrogen-bond acceptors (Lipinski definition) is 2. The van der Waals surface area contributed by atoms with E-state index in [9.17, 15) is 5.11 Å². The Morgan fingerprint density at radius 2 is 1.92 bits per heavy atom. The largest absolute Gasteiger partial charge is 0.392 e. The van der Waals surface area contributed by atoms with Gasteiger partial charge in [0.15, 0.2) is 0 Å². The number of nitrogens with zero attached hydrogens (tertiary/aromatic N) is 1. The second-order valence-corrected chi connectivity index (χ2v) is 3.56. The molecule has 2 nitrogen and oxygen atoms in total. The first kappa shape index (κ1) is 12.4. The van der Waals surface area contributed by atoms with Crippen LogP contribution in [0.25, 0.3) is 0 Å². The van der Waals surface area contributed by atoms with Crippen molar-refractivity contribution in [2.75, 3.05) is 0 Å². The molecule has 2 unspecified atom stereocenters. The average molecular weight is 183 g/mol. The van der Waals surface area contributed by atoms with Gasteiger partial charge in [-0.2, -0.15) is 5.26 Å². The molecule has 0 aliphatic rings. The van der Waals surface area contributed by atoms with E-state index in [1.807, 2.05) is 6.92 Å². The van der Waals surface area contributed by atoms with Crippen LogP contribution in [0.2, 0.25) is 0 Å². The van der Waals surface area contributed by atoms with Crippen LogP contribution < -0.4 is 0 Å². The highest BCUT2D eigenvalue weighted by Crippen LogP contribution is 2.14. The molecule has 0 amide bonds. The molecule has 0 radical (unpaired) electrons. The van der Waals surface area contributed by atoms with E-state index in [0.717, 1.165) is 19.3 Å². The molecule has 76 valence electrons. The highest BCUT2D eigenvalue weighted by atomic mass is 16.3. The van der Waals surface area contributed by atoms with Gasteiger partial charge in [-0.25, -0.2) is 0 Å². The fraction of sp³-hybridized carbons (Fsp3) is 0.909. The molecule has 0 heterocycles. The number of aliphatic hydroxyl groups is 1. The molecule has 0 rings (SSSR count). The van der Waals surface area contributed by atoms with E-state index < -0.39 is 6.10 Å². The Morgan fingerprint density at radius 1 is 1.23 bits per heavy atom. The third-order valence-electron chi connectivity index (χ3n) is 2.42. The highest BCUT2D eigenvalue weighted by Gasteiger charge is 2.15. The summed E-state index contributed by atoms with van der Waals surface area (Å²) in [6.07, 6.45) is 5.80. The molecule has 0 aromatic heterocycles. The van der Waals surface area contributed by atoms with Crippen LogP contribution in [0.15, 0.2) is 0 Å². The molecule has 0 aromatic rings. The van der Waals surface area contributed by atoms with Crippen molar-refractivity contribution in [3.63, 3.8) is 0 Å². The van der Waals surface area contributed by atoms with Crippen molar-refractivity contribution in [2.24, 2.45) is 5.92 Å². The van der Waals surface area contributed by atoms with E-state index >= 15 is 0 Å². The lowest BCUT2D eigenvalue weighted by molar-refractivity contribution is 0.118. The Kier molecular flexibility index (Phi) is 7.73. The molecule has 1 N–H and O–H groups in total. The minimum Gasteiger partial charge on any atom is -0.392 e. The van der Waals surface area contributed by atoms with Gasteiger partial charge in [-0.1, -0.05) is 39.5 Å². The van der Waals surface area contributed by atoms with E-state index in [0.29, 0.717) is 0 Å². The summed E-state index contributed by atoms with van der Waals surface area (Å²) in [5, 5.41) is 18.3. The number of rotatable bonds is 7. The predicted octanol–water partition coefficient (Wildman–Crippen LogP) is 2.87. The van der Waals surface area contributed by atoms with Gasteiger partial charge in [-0.3, -0.25) is 0 Å². The summed E-state index contributed by atoms with van der Waals surface area (Å²) in [6.45, 7) is 4.11. The van der Waals surface area contributed by atoms with Crippen molar-refractivity contribution in [1.29, 1.82) is 5.26 Å². The molecular weight excluding hydrogens is 162 g/mol. The van der Waals surface area contributed by atoms with E-state index in [-0.39, 0.29) is 5.92 Å². The maximum Gasteiger partial charge on any atom is 0.0720 e. The lowest BCUT2D eigenvalue weighted by atomic mass is 9.96. The van der Waals surface area contributed by atoms with Gasteiger partial charge in [0.25, 0.3) is 0 Å². The zero-order valence-electron chi connectivity index (χ0n) is 8.79. The Balaban J connectivity index is 3.49. The quantitative estimate of drug-likeness (QED) is 0.617. The second-order valence-electron chi connectivity index (χ2n) is 3.56. The molecule has 0 aromatic carbocycles. The van der Waals surface area contributed by atoms with E-state index in [1.54, 1.807) is 0 Å². The van der Waals surface area contributed by atoms with Crippen molar-refractivity contribution in [3.8, 4) is 6.07 Å². The van der Waals surface area contributed by atoms with Crippen molar-refractivity contribution in [1.82, 2.24) is 0 Å². The summed E-state index contributed by atoms with van der Waals surface area (Å²) in [5.74, 6) is -0.165. The van der Waals surface area contributed by atoms with Gasteiger partial charge >= 0.3 is 0 Å². The van der Waals surface area contributed by atoms with Crippen molar-refractivity contribution in [3.05, 3.63) is 0 Å². The first-order valence-corrected chi connectivity index (χ1v) is 5.33. The summed E-state index contributed by atoms with van der Waals surface area (Å²) in [7, 11) is 0. The third kappa shape index (κ3) is 5.65. The fourth-order valence-electron chi connectivity index (χ4n) is 1.43. The van der Waals surface area contributed by atoms with E-state index in [1.165, 1.54) is 19.3 Å². The molecule has 0 aliphatic carbocycles. The van der Waals surface area contributed by atoms with Gasteiger partial charge in [-0.15, -0.1) is 0 Å². The Hall–Kier alpha value is -0.550. The van der Waals surface area contributed by atoms with Crippen LogP contribution in [0.1, 0.15) is 52.4 Å². The van der Waals surface area contributed by atoms with Gasteiger partial charge in [0.1, 0.15) is 0 Å². The average Bonchev–Trinajstić information content (AvgIpc) is 2.14. The lowest BCUT2D eigenvalue weighted by Crippen LogP contribution is -2.17. The van der Waals surface area contributed by atoms with Crippen LogP contribution in [0, 0.1) is 17.2 Å². The van der Waals surface area contributed by atoms with Crippen LogP contribution in [0.4, 0.5) is 0 Å². The number of unbranched alkanes of at least 4 members (excludes halogenated alkanes) is 3. The minimum atomic E-state index is -0.410. The molecule has 0 saturated carbocycles. The Bertz CT molecular complexity index is 151. The van der Waals surface area contributed by atoms with Gasteiger partial charge in [0.05, 0.1) is 18.1 Å². The molecule has 0 fully saturated rings. The van der Waals surface area contributed by atoms with Gasteiger partial charge in [0, 0.05) is 0 Å². The maximum absolute atomic E-state index is 9.59. The summed E-state index contributed by atoms with van der Waals surface area (Å²) >= 11 is 0. The van der Waals surface area contributed by atoms with Crippen molar-refractivity contribution in [2.45, 2.75) is 58.5 Å². The third-order valence-corrected chi connectivity index (χ3v) is 2.42. The van der Waals surface area contributed by atoms with Gasteiger partial charge in [-0.05, 0) is 12.8 Å². The molecular formula is C11H21NO. The van der Waals surface area contributed by atoms with Crippen LogP contribution in [0.3, 0.4) is 0 Å². The smallest absolute Gasteiger partial charge is 0.0720 e. The monoisotopic (exact) mass is 183 g/mol. The predicted molar refractivity (Wildman–Crippen MR) is 54.2 cm³/mol. The molecule has 0 aliphatic heterocycles. The zero-order chi connectivity index (χ0) is 10.1. The number of aliphatic hydroxyl groups excluding tert-OH is 1. The number of nitriles is 1. The van der Waals surface area contributed by atoms with Crippen LogP contribution >= 0.6 is 0 Å². The summed E-state index contributed by atoms with van der Waals surface area (Å²) in [4.78, 5) is 0. The van der Waals surface area contributed by atoms with Crippen LogP contribution in [-0.4, -0.2) is 11.2 Å². The van der Waals surface area contributed by atoms with E-state index in [2.05, 4.69) is 13.0 Å². The van der Waals surface area contributed by atoms with Gasteiger partial charge in [0.2, 0.25) is 0 Å². The topological polar surface area (TPSA) is 44.0 Å². The minimum absolute atomic E-state index is 0.165. The maximum atomic E-state index is 9.59. The van der Waals surface area contributed by atoms with Crippen LogP contribution in [-0.2, 0) is 0 Å². The Morgan fingerprint density at radius 3 is 2.38 bits per heavy atom. The molecule has 2 heteroatoms. The lowest BCUT2D eigenvalue weighted by Gasteiger charge is -2.14. The standard InChI is InChI=1S/C11H21NO/c1-3-5-6-7-8-11(13)10(4-2)9-12/h10-11,13H,3-8H2,1-2H3. The zero-order valence-corrected chi connectivity index (χ0v) is 8.79. The number of hydrogen-bond donors (Lipinski definition) is 1. The summed E-state index contributed by atoms with van der Waals surface area (Å²) < 4.78 is 0. The first-order valence-electron chi connectivity index (χ1n) is 5.33. The van der Waals surface area contributed by atoms with Crippen molar-refractivity contribution < 1.29 is 5.11 Å². The normalized spacial score (nSPS) is 14.9. The SMILES string of the molecule is CCCCCCC(O)C(C#N)CC. The first-order chi connectivity index (χ1) is 6.26. The second kappa shape index (κ2) is 8.07. The van der Waals surface area contributed by atoms with Crippen molar-refractivity contribution >= 4 is 0 Å². The molecule has 0 saturated heterocycles. The van der Waals surface area contributed by atoms with Crippen LogP contribution in [0.5, 0.6) is 0 Å². The highest BCUT2D eigenvalue weighted by molar-refractivity contribution is 4.86.